The summed E-state index contributed by atoms with van der Waals surface area (Å²) in [7, 11) is 5.53. The minimum absolute atomic E-state index is 0.110. The maximum atomic E-state index is 11.9. The lowest BCUT2D eigenvalue weighted by molar-refractivity contribution is -0.142. The fourth-order valence-electron chi connectivity index (χ4n) is 3.98. The highest BCUT2D eigenvalue weighted by Gasteiger charge is 2.12. The number of hydrogen-bond donors (Lipinski definition) is 0. The molecule has 0 aromatic heterocycles. The van der Waals surface area contributed by atoms with Gasteiger partial charge >= 0.3 is 11.9 Å². The molecule has 0 aliphatic heterocycles. The van der Waals surface area contributed by atoms with Gasteiger partial charge in [-0.05, 0) is 52.6 Å². The molecule has 0 N–H and O–H groups in total. The van der Waals surface area contributed by atoms with E-state index in [1.807, 2.05) is 20.2 Å². The number of esters is 2. The summed E-state index contributed by atoms with van der Waals surface area (Å²) < 4.78 is 21.7. The fraction of sp³-hybridized carbons (Fsp3) is 0.871. The van der Waals surface area contributed by atoms with Crippen molar-refractivity contribution in [3.8, 4) is 0 Å². The standard InChI is InChI=1S/C31H59NO6/c1-5-6-7-8-9-10-11-15-21-26-38-31(34)23-18-16-20-25-37-28-29(32(2)3)27-36-24-19-14-12-13-17-22-30(33)35-4/h15,21,29H,5-14,16-20,22-28H2,1-4H3/b21-15+. The van der Waals surface area contributed by atoms with Crippen LogP contribution in [0.25, 0.3) is 0 Å². The number of ether oxygens (including phenoxy) is 4. The molecule has 0 aliphatic carbocycles. The van der Waals surface area contributed by atoms with E-state index >= 15 is 0 Å². The van der Waals surface area contributed by atoms with Crippen LogP contribution in [0.1, 0.15) is 116 Å². The quantitative estimate of drug-likeness (QED) is 0.0607. The summed E-state index contributed by atoms with van der Waals surface area (Å²) in [4.78, 5) is 25.1. The second-order valence-corrected chi connectivity index (χ2v) is 10.4. The van der Waals surface area contributed by atoms with Gasteiger partial charge in [-0.15, -0.1) is 0 Å². The van der Waals surface area contributed by atoms with Crippen LogP contribution >= 0.6 is 0 Å². The molecule has 0 saturated heterocycles. The van der Waals surface area contributed by atoms with E-state index in [1.165, 1.54) is 45.6 Å². The molecule has 0 rings (SSSR count). The van der Waals surface area contributed by atoms with Gasteiger partial charge in [-0.2, -0.15) is 0 Å². The third-order valence-electron chi connectivity index (χ3n) is 6.65. The molecule has 0 saturated carbocycles. The molecule has 0 aromatic carbocycles. The SMILES string of the molecule is CCCCCCCC/C=C/COC(=O)CCCCCOCC(COCCCCCCCC(=O)OC)N(C)C. The van der Waals surface area contributed by atoms with E-state index in [-0.39, 0.29) is 18.0 Å². The summed E-state index contributed by atoms with van der Waals surface area (Å²) in [6, 6.07) is 0.235. The number of allylic oxidation sites excluding steroid dienone is 1. The van der Waals surface area contributed by atoms with Crippen LogP contribution in [0.4, 0.5) is 0 Å². The van der Waals surface area contributed by atoms with E-state index in [4.69, 9.17) is 14.2 Å². The van der Waals surface area contributed by atoms with Gasteiger partial charge in [-0.3, -0.25) is 9.59 Å². The van der Waals surface area contributed by atoms with Crippen LogP contribution < -0.4 is 0 Å². The molecular weight excluding hydrogens is 482 g/mol. The van der Waals surface area contributed by atoms with E-state index in [1.54, 1.807) is 0 Å². The lowest BCUT2D eigenvalue weighted by Gasteiger charge is -2.24. The predicted octanol–water partition coefficient (Wildman–Crippen LogP) is 6.87. The third-order valence-corrected chi connectivity index (χ3v) is 6.65. The molecule has 224 valence electrons. The van der Waals surface area contributed by atoms with E-state index in [9.17, 15) is 9.59 Å². The Labute approximate surface area is 234 Å². The van der Waals surface area contributed by atoms with Gasteiger partial charge in [0.2, 0.25) is 0 Å². The van der Waals surface area contributed by atoms with Gasteiger partial charge in [0, 0.05) is 26.1 Å². The average molecular weight is 542 g/mol. The number of rotatable bonds is 28. The second-order valence-electron chi connectivity index (χ2n) is 10.4. The van der Waals surface area contributed by atoms with Gasteiger partial charge in [0.25, 0.3) is 0 Å². The molecule has 0 bridgehead atoms. The first-order valence-electron chi connectivity index (χ1n) is 15.2. The monoisotopic (exact) mass is 541 g/mol. The molecule has 0 amide bonds. The number of likely N-dealkylation sites (N-methyl/N-ethyl adjacent to an activating group) is 1. The van der Waals surface area contributed by atoms with Gasteiger partial charge < -0.3 is 23.8 Å². The normalized spacial score (nSPS) is 12.3. The topological polar surface area (TPSA) is 74.3 Å². The minimum atomic E-state index is -0.123. The van der Waals surface area contributed by atoms with Crippen LogP contribution in [0.3, 0.4) is 0 Å². The highest BCUT2D eigenvalue weighted by Crippen LogP contribution is 2.08. The van der Waals surface area contributed by atoms with Crippen molar-refractivity contribution in [2.24, 2.45) is 0 Å². The molecule has 0 aliphatic rings. The van der Waals surface area contributed by atoms with E-state index in [0.717, 1.165) is 64.4 Å². The molecule has 0 radical (unpaired) electrons. The Morgan fingerprint density at radius 3 is 1.82 bits per heavy atom. The molecule has 0 spiro atoms. The molecule has 0 fully saturated rings. The molecule has 38 heavy (non-hydrogen) atoms. The molecule has 0 heterocycles. The van der Waals surface area contributed by atoms with Crippen molar-refractivity contribution in [1.82, 2.24) is 4.90 Å². The Balaban J connectivity index is 3.57. The lowest BCUT2D eigenvalue weighted by atomic mass is 10.1. The van der Waals surface area contributed by atoms with Crippen molar-refractivity contribution >= 4 is 11.9 Å². The summed E-state index contributed by atoms with van der Waals surface area (Å²) in [6.45, 7) is 5.40. The zero-order valence-electron chi connectivity index (χ0n) is 25.2. The third kappa shape index (κ3) is 26.2. The first kappa shape index (κ1) is 36.6. The first-order chi connectivity index (χ1) is 18.5. The predicted molar refractivity (Wildman–Crippen MR) is 155 cm³/mol. The highest BCUT2D eigenvalue weighted by molar-refractivity contribution is 5.69. The van der Waals surface area contributed by atoms with Gasteiger partial charge in [-0.25, -0.2) is 0 Å². The average Bonchev–Trinajstić information content (AvgIpc) is 2.90. The molecule has 0 aromatic rings. The van der Waals surface area contributed by atoms with Crippen LogP contribution in [0.5, 0.6) is 0 Å². The van der Waals surface area contributed by atoms with Crippen molar-refractivity contribution in [2.75, 3.05) is 54.2 Å². The molecule has 7 heteroatoms. The minimum Gasteiger partial charge on any atom is -0.469 e. The van der Waals surface area contributed by atoms with Crippen LogP contribution in [-0.2, 0) is 28.5 Å². The van der Waals surface area contributed by atoms with Crippen LogP contribution in [-0.4, -0.2) is 77.1 Å². The molecule has 1 atom stereocenters. The zero-order valence-corrected chi connectivity index (χ0v) is 25.2. The highest BCUT2D eigenvalue weighted by atomic mass is 16.5. The van der Waals surface area contributed by atoms with Gasteiger partial charge in [0.1, 0.15) is 6.61 Å². The Bertz CT molecular complexity index is 567. The fourth-order valence-corrected chi connectivity index (χ4v) is 3.98. The van der Waals surface area contributed by atoms with E-state index < -0.39 is 0 Å². The Hall–Kier alpha value is -1.44. The lowest BCUT2D eigenvalue weighted by Crippen LogP contribution is -2.37. The number of methoxy groups -OCH3 is 1. The maximum absolute atomic E-state index is 11.9. The summed E-state index contributed by atoms with van der Waals surface area (Å²) in [5.74, 6) is -0.233. The molecule has 7 nitrogen and oxygen atoms in total. The van der Waals surface area contributed by atoms with Gasteiger partial charge in [0.15, 0.2) is 0 Å². The Morgan fingerprint density at radius 1 is 0.684 bits per heavy atom. The van der Waals surface area contributed by atoms with E-state index in [2.05, 4.69) is 22.6 Å². The van der Waals surface area contributed by atoms with Crippen molar-refractivity contribution in [1.29, 1.82) is 0 Å². The number of nitrogens with zero attached hydrogens (tertiary/aromatic N) is 1. The number of unbranched alkanes of at least 4 members (excludes halogenated alkanes) is 12. The number of carbonyl (C=O) groups excluding carboxylic acids is 2. The first-order valence-corrected chi connectivity index (χ1v) is 15.2. The summed E-state index contributed by atoms with van der Waals surface area (Å²) in [5, 5.41) is 0. The Kier molecular flexibility index (Phi) is 27.5. The molecule has 1 unspecified atom stereocenters. The second kappa shape index (κ2) is 28.6. The zero-order chi connectivity index (χ0) is 28.1. The van der Waals surface area contributed by atoms with Crippen LogP contribution in [0.15, 0.2) is 12.2 Å². The summed E-state index contributed by atoms with van der Waals surface area (Å²) in [5.41, 5.74) is 0. The van der Waals surface area contributed by atoms with Crippen molar-refractivity contribution in [3.05, 3.63) is 12.2 Å². The van der Waals surface area contributed by atoms with Crippen LogP contribution in [0.2, 0.25) is 0 Å². The Morgan fingerprint density at radius 2 is 1.21 bits per heavy atom. The van der Waals surface area contributed by atoms with Crippen molar-refractivity contribution in [2.45, 2.75) is 122 Å². The smallest absolute Gasteiger partial charge is 0.306 e. The van der Waals surface area contributed by atoms with Crippen LogP contribution in [0, 0.1) is 0 Å². The number of carbonyl (C=O) groups is 2. The maximum Gasteiger partial charge on any atom is 0.306 e. The van der Waals surface area contributed by atoms with E-state index in [0.29, 0.717) is 39.3 Å². The summed E-state index contributed by atoms with van der Waals surface area (Å²) >= 11 is 0. The largest absolute Gasteiger partial charge is 0.469 e. The van der Waals surface area contributed by atoms with Crippen molar-refractivity contribution in [3.63, 3.8) is 0 Å². The summed E-state index contributed by atoms with van der Waals surface area (Å²) in [6.07, 6.45) is 22.0. The van der Waals surface area contributed by atoms with Crippen molar-refractivity contribution < 1.29 is 28.5 Å². The number of hydrogen-bond acceptors (Lipinski definition) is 7. The van der Waals surface area contributed by atoms with Gasteiger partial charge in [0.05, 0.1) is 26.4 Å². The van der Waals surface area contributed by atoms with Gasteiger partial charge in [-0.1, -0.05) is 76.9 Å². The molecular formula is C31H59NO6.